The van der Waals surface area contributed by atoms with E-state index in [1.54, 1.807) is 0 Å². The molecule has 1 aliphatic heterocycles. The Morgan fingerprint density at radius 2 is 1.88 bits per heavy atom. The summed E-state index contributed by atoms with van der Waals surface area (Å²) in [4.78, 5) is 4.88. The highest BCUT2D eigenvalue weighted by molar-refractivity contribution is 4.82. The molecule has 3 heteroatoms. The third-order valence-corrected chi connectivity index (χ3v) is 4.13. The van der Waals surface area contributed by atoms with E-state index in [0.717, 1.165) is 25.4 Å². The van der Waals surface area contributed by atoms with E-state index in [0.29, 0.717) is 6.61 Å². The highest BCUT2D eigenvalue weighted by atomic mass is 16.3. The summed E-state index contributed by atoms with van der Waals surface area (Å²) in [6.45, 7) is 8.15. The molecule has 1 atom stereocenters. The van der Waals surface area contributed by atoms with Crippen LogP contribution in [0.25, 0.3) is 0 Å². The Hall–Kier alpha value is -0.120. The molecular formula is C14H30N2O. The van der Waals surface area contributed by atoms with Gasteiger partial charge in [0.25, 0.3) is 0 Å². The van der Waals surface area contributed by atoms with Crippen molar-refractivity contribution in [2.75, 3.05) is 40.3 Å². The van der Waals surface area contributed by atoms with Crippen molar-refractivity contribution in [1.29, 1.82) is 0 Å². The Balaban J connectivity index is 2.38. The van der Waals surface area contributed by atoms with Crippen molar-refractivity contribution < 1.29 is 5.11 Å². The van der Waals surface area contributed by atoms with Crippen molar-refractivity contribution in [2.24, 2.45) is 5.41 Å². The van der Waals surface area contributed by atoms with Crippen LogP contribution in [0.1, 0.15) is 39.5 Å². The van der Waals surface area contributed by atoms with Crippen molar-refractivity contribution in [3.63, 3.8) is 0 Å². The lowest BCUT2D eigenvalue weighted by Crippen LogP contribution is -2.46. The van der Waals surface area contributed by atoms with Gasteiger partial charge >= 0.3 is 0 Å². The number of hydrogen-bond acceptors (Lipinski definition) is 3. The van der Waals surface area contributed by atoms with Gasteiger partial charge in [-0.15, -0.1) is 0 Å². The molecule has 1 unspecified atom stereocenters. The predicted octanol–water partition coefficient (Wildman–Crippen LogP) is 1.81. The molecular weight excluding hydrogens is 212 g/mol. The van der Waals surface area contributed by atoms with E-state index in [9.17, 15) is 5.11 Å². The maximum atomic E-state index is 9.55. The molecule has 1 heterocycles. The van der Waals surface area contributed by atoms with E-state index in [4.69, 9.17) is 0 Å². The lowest BCUT2D eigenvalue weighted by atomic mass is 9.85. The SMILES string of the molecule is CCCC(C)(CO)CN1CCC(N(C)C)CC1. The summed E-state index contributed by atoms with van der Waals surface area (Å²) in [5.74, 6) is 0. The monoisotopic (exact) mass is 242 g/mol. The van der Waals surface area contributed by atoms with Gasteiger partial charge in [0, 0.05) is 24.6 Å². The Bertz CT molecular complexity index is 212. The minimum Gasteiger partial charge on any atom is -0.396 e. The normalized spacial score (nSPS) is 22.9. The molecule has 1 N–H and O–H groups in total. The topological polar surface area (TPSA) is 26.7 Å². The van der Waals surface area contributed by atoms with Crippen molar-refractivity contribution >= 4 is 0 Å². The number of likely N-dealkylation sites (tertiary alicyclic amines) is 1. The first-order valence-corrected chi connectivity index (χ1v) is 7.00. The molecule has 17 heavy (non-hydrogen) atoms. The van der Waals surface area contributed by atoms with Crippen LogP contribution in [0.5, 0.6) is 0 Å². The van der Waals surface area contributed by atoms with E-state index < -0.39 is 0 Å². The van der Waals surface area contributed by atoms with Gasteiger partial charge in [-0.3, -0.25) is 0 Å². The highest BCUT2D eigenvalue weighted by Crippen LogP contribution is 2.26. The number of nitrogens with zero attached hydrogens (tertiary/aromatic N) is 2. The minimum atomic E-state index is 0.0969. The first kappa shape index (κ1) is 14.9. The molecule has 1 fully saturated rings. The van der Waals surface area contributed by atoms with E-state index in [1.807, 2.05) is 0 Å². The molecule has 102 valence electrons. The molecule has 3 nitrogen and oxygen atoms in total. The zero-order valence-electron chi connectivity index (χ0n) is 12.1. The van der Waals surface area contributed by atoms with Crippen LogP contribution in [-0.2, 0) is 0 Å². The number of rotatable bonds is 6. The first-order chi connectivity index (χ1) is 8.00. The molecule has 1 saturated heterocycles. The van der Waals surface area contributed by atoms with E-state index >= 15 is 0 Å². The summed E-state index contributed by atoms with van der Waals surface area (Å²) >= 11 is 0. The van der Waals surface area contributed by atoms with Crippen molar-refractivity contribution in [3.05, 3.63) is 0 Å². The molecule has 0 amide bonds. The van der Waals surface area contributed by atoms with Gasteiger partial charge < -0.3 is 14.9 Å². The molecule has 0 aliphatic carbocycles. The summed E-state index contributed by atoms with van der Waals surface area (Å²) in [7, 11) is 4.35. The van der Waals surface area contributed by atoms with Crippen molar-refractivity contribution in [1.82, 2.24) is 9.80 Å². The zero-order chi connectivity index (χ0) is 12.9. The quantitative estimate of drug-likeness (QED) is 0.769. The molecule has 0 aromatic rings. The lowest BCUT2D eigenvalue weighted by molar-refractivity contribution is 0.0565. The zero-order valence-corrected chi connectivity index (χ0v) is 12.1. The molecule has 0 saturated carbocycles. The summed E-state index contributed by atoms with van der Waals surface area (Å²) in [5.41, 5.74) is 0.0969. The third kappa shape index (κ3) is 4.57. The van der Waals surface area contributed by atoms with Gasteiger partial charge in [0.2, 0.25) is 0 Å². The minimum absolute atomic E-state index is 0.0969. The smallest absolute Gasteiger partial charge is 0.0497 e. The molecule has 0 radical (unpaired) electrons. The van der Waals surface area contributed by atoms with Gasteiger partial charge in [-0.05, 0) is 46.4 Å². The summed E-state index contributed by atoms with van der Waals surface area (Å²) in [6.07, 6.45) is 4.81. The van der Waals surface area contributed by atoms with Gasteiger partial charge in [0.05, 0.1) is 0 Å². The fourth-order valence-corrected chi connectivity index (χ4v) is 2.95. The Morgan fingerprint density at radius 3 is 2.29 bits per heavy atom. The van der Waals surface area contributed by atoms with Gasteiger partial charge in [0.15, 0.2) is 0 Å². The van der Waals surface area contributed by atoms with Crippen LogP contribution < -0.4 is 0 Å². The largest absolute Gasteiger partial charge is 0.396 e. The average molecular weight is 242 g/mol. The fourth-order valence-electron chi connectivity index (χ4n) is 2.95. The summed E-state index contributed by atoms with van der Waals surface area (Å²) < 4.78 is 0. The molecule has 0 aromatic carbocycles. The molecule has 1 rings (SSSR count). The molecule has 0 spiro atoms. The van der Waals surface area contributed by atoms with Crippen LogP contribution in [-0.4, -0.2) is 61.3 Å². The van der Waals surface area contributed by atoms with Crippen LogP contribution >= 0.6 is 0 Å². The second-order valence-corrected chi connectivity index (χ2v) is 6.19. The number of hydrogen-bond donors (Lipinski definition) is 1. The van der Waals surface area contributed by atoms with E-state index in [1.165, 1.54) is 25.9 Å². The van der Waals surface area contributed by atoms with Crippen molar-refractivity contribution in [2.45, 2.75) is 45.6 Å². The fraction of sp³-hybridized carbons (Fsp3) is 1.00. The second kappa shape index (κ2) is 6.72. The van der Waals surface area contributed by atoms with Crippen LogP contribution in [0, 0.1) is 5.41 Å². The third-order valence-electron chi connectivity index (χ3n) is 4.13. The van der Waals surface area contributed by atoms with Gasteiger partial charge in [-0.2, -0.15) is 0 Å². The number of aliphatic hydroxyl groups excluding tert-OH is 1. The number of piperidine rings is 1. The molecule has 0 aromatic heterocycles. The first-order valence-electron chi connectivity index (χ1n) is 7.00. The second-order valence-electron chi connectivity index (χ2n) is 6.19. The van der Waals surface area contributed by atoms with Crippen LogP contribution in [0.3, 0.4) is 0 Å². The van der Waals surface area contributed by atoms with Crippen LogP contribution in [0.4, 0.5) is 0 Å². The molecule has 1 aliphatic rings. The standard InChI is InChI=1S/C14H30N2O/c1-5-8-14(2,12-17)11-16-9-6-13(7-10-16)15(3)4/h13,17H,5-12H2,1-4H3. The van der Waals surface area contributed by atoms with E-state index in [2.05, 4.69) is 37.7 Å². The highest BCUT2D eigenvalue weighted by Gasteiger charge is 2.28. The van der Waals surface area contributed by atoms with Gasteiger partial charge in [-0.1, -0.05) is 20.3 Å². The maximum Gasteiger partial charge on any atom is 0.0497 e. The molecule has 0 bridgehead atoms. The maximum absolute atomic E-state index is 9.55. The van der Waals surface area contributed by atoms with Gasteiger partial charge in [0.1, 0.15) is 0 Å². The average Bonchev–Trinajstić information content (AvgIpc) is 2.30. The lowest BCUT2D eigenvalue weighted by Gasteiger charge is -2.39. The Morgan fingerprint density at radius 1 is 1.29 bits per heavy atom. The Labute approximate surface area is 107 Å². The summed E-state index contributed by atoms with van der Waals surface area (Å²) in [6, 6.07) is 0.748. The predicted molar refractivity (Wildman–Crippen MR) is 73.2 cm³/mol. The van der Waals surface area contributed by atoms with Crippen LogP contribution in [0.2, 0.25) is 0 Å². The van der Waals surface area contributed by atoms with Crippen molar-refractivity contribution in [3.8, 4) is 0 Å². The number of aliphatic hydroxyl groups is 1. The summed E-state index contributed by atoms with van der Waals surface area (Å²) in [5, 5.41) is 9.55. The Kier molecular flexibility index (Phi) is 5.90. The van der Waals surface area contributed by atoms with Crippen LogP contribution in [0.15, 0.2) is 0 Å². The van der Waals surface area contributed by atoms with E-state index in [-0.39, 0.29) is 5.41 Å². The van der Waals surface area contributed by atoms with Gasteiger partial charge in [-0.25, -0.2) is 0 Å².